The summed E-state index contributed by atoms with van der Waals surface area (Å²) in [5.41, 5.74) is 1.07. The molecule has 7 heteroatoms. The zero-order valence-electron chi connectivity index (χ0n) is 19.0. The number of carbonyl (C=O) groups excluding carboxylic acids is 2. The topological polar surface area (TPSA) is 89.4 Å². The van der Waals surface area contributed by atoms with Crippen molar-refractivity contribution in [2.24, 2.45) is 11.8 Å². The van der Waals surface area contributed by atoms with Crippen LogP contribution in [-0.2, 0) is 16.1 Å². The zero-order chi connectivity index (χ0) is 23.0. The highest BCUT2D eigenvalue weighted by Gasteiger charge is 2.23. The predicted octanol–water partition coefficient (Wildman–Crippen LogP) is 3.75. The molecule has 2 aromatic rings. The van der Waals surface area contributed by atoms with E-state index in [2.05, 4.69) is 38.3 Å². The molecule has 168 valence electrons. The first-order valence-corrected chi connectivity index (χ1v) is 10.7. The van der Waals surface area contributed by atoms with Crippen molar-refractivity contribution in [3.8, 4) is 5.75 Å². The van der Waals surface area contributed by atoms with Gasteiger partial charge in [-0.2, -0.15) is 0 Å². The second-order valence-corrected chi connectivity index (χ2v) is 8.39. The summed E-state index contributed by atoms with van der Waals surface area (Å²) in [6, 6.07) is 10.1. The highest BCUT2D eigenvalue weighted by atomic mass is 16.5. The summed E-state index contributed by atoms with van der Waals surface area (Å²) in [4.78, 5) is 36.9. The maximum Gasteiger partial charge on any atom is 0.313 e. The van der Waals surface area contributed by atoms with Gasteiger partial charge in [0.2, 0.25) is 0 Å². The summed E-state index contributed by atoms with van der Waals surface area (Å²) >= 11 is 0. The van der Waals surface area contributed by atoms with Crippen molar-refractivity contribution < 1.29 is 14.3 Å². The minimum atomic E-state index is -0.782. The Bertz CT molecular complexity index is 950. The van der Waals surface area contributed by atoms with Crippen LogP contribution in [0.5, 0.6) is 5.75 Å². The largest absolute Gasteiger partial charge is 0.493 e. The van der Waals surface area contributed by atoms with E-state index in [0.717, 1.165) is 5.56 Å². The van der Waals surface area contributed by atoms with Crippen LogP contribution in [0.4, 0.5) is 5.69 Å². The first kappa shape index (κ1) is 24.2. The molecule has 2 rings (SSSR count). The Morgan fingerprint density at radius 2 is 1.71 bits per heavy atom. The molecule has 1 aromatic carbocycles. The van der Waals surface area contributed by atoms with E-state index in [0.29, 0.717) is 42.8 Å². The van der Waals surface area contributed by atoms with Crippen LogP contribution in [-0.4, -0.2) is 23.0 Å². The molecular weight excluding hydrogens is 394 g/mol. The van der Waals surface area contributed by atoms with Gasteiger partial charge in [-0.1, -0.05) is 45.9 Å². The zero-order valence-corrected chi connectivity index (χ0v) is 19.0. The second-order valence-electron chi connectivity index (χ2n) is 8.39. The number of para-hydroxylation sites is 1. The molecule has 0 fully saturated rings. The van der Waals surface area contributed by atoms with Gasteiger partial charge in [0.05, 0.1) is 18.3 Å². The molecule has 7 nitrogen and oxygen atoms in total. The van der Waals surface area contributed by atoms with Gasteiger partial charge in [-0.25, -0.2) is 0 Å². The summed E-state index contributed by atoms with van der Waals surface area (Å²) < 4.78 is 7.41. The molecule has 31 heavy (non-hydrogen) atoms. The quantitative estimate of drug-likeness (QED) is 0.597. The highest BCUT2D eigenvalue weighted by Crippen LogP contribution is 2.30. The number of aryl methyl sites for hydroxylation is 1. The summed E-state index contributed by atoms with van der Waals surface area (Å²) in [6.45, 7) is 11.1. The lowest BCUT2D eigenvalue weighted by molar-refractivity contribution is -0.136. The van der Waals surface area contributed by atoms with Crippen molar-refractivity contribution in [3.63, 3.8) is 0 Å². The van der Waals surface area contributed by atoms with Crippen LogP contribution in [0.2, 0.25) is 0 Å². The van der Waals surface area contributed by atoms with Gasteiger partial charge in [0, 0.05) is 24.4 Å². The molecule has 0 saturated carbocycles. The normalized spacial score (nSPS) is 12.0. The summed E-state index contributed by atoms with van der Waals surface area (Å²) in [6.07, 6.45) is 2.18. The Labute approximate surface area is 183 Å². The van der Waals surface area contributed by atoms with Crippen molar-refractivity contribution in [3.05, 3.63) is 58.5 Å². The molecular formula is C24H33N3O4. The van der Waals surface area contributed by atoms with Crippen molar-refractivity contribution in [2.45, 2.75) is 53.6 Å². The first-order chi connectivity index (χ1) is 14.7. The number of carbonyl (C=O) groups is 2. The van der Waals surface area contributed by atoms with Gasteiger partial charge in [0.1, 0.15) is 5.75 Å². The monoisotopic (exact) mass is 427 g/mol. The average Bonchev–Trinajstić information content (AvgIpc) is 2.72. The smallest absolute Gasteiger partial charge is 0.313 e. The molecule has 0 spiro atoms. The summed E-state index contributed by atoms with van der Waals surface area (Å²) in [5.74, 6) is -0.158. The molecule has 0 aliphatic heterocycles. The summed E-state index contributed by atoms with van der Waals surface area (Å²) in [5, 5.41) is 5.42. The minimum absolute atomic E-state index is 0.167. The molecule has 1 aromatic heterocycles. The lowest BCUT2D eigenvalue weighted by Gasteiger charge is -2.23. The second kappa shape index (κ2) is 11.3. The van der Waals surface area contributed by atoms with E-state index in [-0.39, 0.29) is 11.6 Å². The number of hydrogen-bond acceptors (Lipinski definition) is 4. The van der Waals surface area contributed by atoms with Gasteiger partial charge in [-0.15, -0.1) is 0 Å². The Morgan fingerprint density at radius 3 is 2.35 bits per heavy atom. The minimum Gasteiger partial charge on any atom is -0.493 e. The average molecular weight is 428 g/mol. The number of nitrogens with one attached hydrogen (secondary N) is 2. The van der Waals surface area contributed by atoms with Crippen LogP contribution >= 0.6 is 0 Å². The van der Waals surface area contributed by atoms with Gasteiger partial charge in [-0.3, -0.25) is 14.4 Å². The number of amides is 2. The van der Waals surface area contributed by atoms with E-state index in [9.17, 15) is 14.4 Å². The van der Waals surface area contributed by atoms with Crippen LogP contribution < -0.4 is 20.9 Å². The fourth-order valence-corrected chi connectivity index (χ4v) is 3.16. The Kier molecular flexibility index (Phi) is 8.85. The molecule has 0 saturated heterocycles. The van der Waals surface area contributed by atoms with Crippen LogP contribution in [0.3, 0.4) is 0 Å². The van der Waals surface area contributed by atoms with Crippen molar-refractivity contribution >= 4 is 17.5 Å². The number of nitrogens with zero attached hydrogens (tertiary/aromatic N) is 1. The standard InChI is InChI=1S/C24H33N3O4/c1-6-27-14-18(11-12-22(27)28)25-23(29)24(30)26-20(13-16(2)3)19-9-7-8-10-21(19)31-15-17(4)5/h7-12,14,16-17,20H,6,13,15H2,1-5H3,(H,25,29)(H,26,30)/t20-/m0/s1. The fourth-order valence-electron chi connectivity index (χ4n) is 3.16. The molecule has 2 amide bonds. The van der Waals surface area contributed by atoms with Gasteiger partial charge in [-0.05, 0) is 37.3 Å². The lowest BCUT2D eigenvalue weighted by atomic mass is 9.96. The Morgan fingerprint density at radius 1 is 1.00 bits per heavy atom. The lowest BCUT2D eigenvalue weighted by Crippen LogP contribution is -2.38. The molecule has 0 unspecified atom stereocenters. The fraction of sp³-hybridized carbons (Fsp3) is 0.458. The summed E-state index contributed by atoms with van der Waals surface area (Å²) in [7, 11) is 0. The third-order valence-corrected chi connectivity index (χ3v) is 4.67. The van der Waals surface area contributed by atoms with Crippen LogP contribution in [0.1, 0.15) is 52.6 Å². The molecule has 1 atom stereocenters. The van der Waals surface area contributed by atoms with E-state index in [4.69, 9.17) is 4.74 Å². The Hall–Kier alpha value is -3.09. The number of pyridine rings is 1. The van der Waals surface area contributed by atoms with E-state index in [1.165, 1.54) is 22.9 Å². The molecule has 2 N–H and O–H groups in total. The van der Waals surface area contributed by atoms with Crippen LogP contribution in [0.15, 0.2) is 47.4 Å². The maximum absolute atomic E-state index is 12.7. The number of aromatic nitrogens is 1. The maximum atomic E-state index is 12.7. The van der Waals surface area contributed by atoms with E-state index >= 15 is 0 Å². The molecule has 1 heterocycles. The van der Waals surface area contributed by atoms with Gasteiger partial charge in [0.25, 0.3) is 5.56 Å². The highest BCUT2D eigenvalue weighted by molar-refractivity contribution is 6.39. The van der Waals surface area contributed by atoms with Gasteiger partial charge < -0.3 is 19.9 Å². The third kappa shape index (κ3) is 7.27. The van der Waals surface area contributed by atoms with Gasteiger partial charge in [0.15, 0.2) is 0 Å². The van der Waals surface area contributed by atoms with Crippen molar-refractivity contribution in [2.75, 3.05) is 11.9 Å². The van der Waals surface area contributed by atoms with Crippen LogP contribution in [0, 0.1) is 11.8 Å². The first-order valence-electron chi connectivity index (χ1n) is 10.7. The predicted molar refractivity (Wildman–Crippen MR) is 122 cm³/mol. The van der Waals surface area contributed by atoms with E-state index in [1.807, 2.05) is 31.2 Å². The van der Waals surface area contributed by atoms with Gasteiger partial charge >= 0.3 is 11.8 Å². The Balaban J connectivity index is 2.18. The van der Waals surface area contributed by atoms with E-state index in [1.54, 1.807) is 0 Å². The number of ether oxygens (including phenoxy) is 1. The van der Waals surface area contributed by atoms with Crippen molar-refractivity contribution in [1.29, 1.82) is 0 Å². The van der Waals surface area contributed by atoms with Crippen molar-refractivity contribution in [1.82, 2.24) is 9.88 Å². The third-order valence-electron chi connectivity index (χ3n) is 4.67. The molecule has 0 radical (unpaired) electrons. The number of anilines is 1. The van der Waals surface area contributed by atoms with E-state index < -0.39 is 11.8 Å². The van der Waals surface area contributed by atoms with Crippen LogP contribution in [0.25, 0.3) is 0 Å². The SMILES string of the molecule is CCn1cc(NC(=O)C(=O)N[C@@H](CC(C)C)c2ccccc2OCC(C)C)ccc1=O. The number of rotatable bonds is 9. The number of hydrogen-bond donors (Lipinski definition) is 2. The molecule has 0 bridgehead atoms. The molecule has 0 aliphatic carbocycles. The molecule has 0 aliphatic rings. The number of benzene rings is 1.